The highest BCUT2D eigenvalue weighted by atomic mass is 14.9. The third-order valence-electron chi connectivity index (χ3n) is 3.37. The maximum atomic E-state index is 5.69. The first-order valence-electron chi connectivity index (χ1n) is 5.63. The first-order valence-corrected chi connectivity index (χ1v) is 5.63. The molecular weight excluding hydrogens is 172 g/mol. The number of nitrogens with one attached hydrogen (secondary N) is 1. The first-order chi connectivity index (χ1) is 6.17. The number of rotatable bonds is 5. The molecule has 0 heterocycles. The van der Waals surface area contributed by atoms with Crippen LogP contribution in [0.3, 0.4) is 0 Å². The fourth-order valence-corrected chi connectivity index (χ4v) is 0.996. The predicted octanol–water partition coefficient (Wildman–Crippen LogP) is 2.39. The summed E-state index contributed by atoms with van der Waals surface area (Å²) in [5.74, 6) is 0. The summed E-state index contributed by atoms with van der Waals surface area (Å²) in [6.07, 6.45) is 1.06. The zero-order valence-electron chi connectivity index (χ0n) is 10.8. The molecule has 0 bridgehead atoms. The summed E-state index contributed by atoms with van der Waals surface area (Å²) in [5.41, 5.74) is 6.35. The van der Waals surface area contributed by atoms with Gasteiger partial charge in [0.1, 0.15) is 0 Å². The van der Waals surface area contributed by atoms with Crippen LogP contribution in [-0.4, -0.2) is 19.1 Å². The predicted molar refractivity (Wildman–Crippen MR) is 64.4 cm³/mol. The van der Waals surface area contributed by atoms with E-state index in [1.54, 1.807) is 0 Å². The van der Waals surface area contributed by atoms with Gasteiger partial charge in [0.25, 0.3) is 0 Å². The Kier molecular flexibility index (Phi) is 5.10. The number of nitrogens with two attached hydrogens (primary N) is 1. The van der Waals surface area contributed by atoms with Gasteiger partial charge in [-0.25, -0.2) is 0 Å². The molecule has 0 spiro atoms. The third kappa shape index (κ3) is 4.97. The summed E-state index contributed by atoms with van der Waals surface area (Å²) >= 11 is 0. The van der Waals surface area contributed by atoms with E-state index < -0.39 is 0 Å². The van der Waals surface area contributed by atoms with Gasteiger partial charge in [-0.3, -0.25) is 0 Å². The van der Waals surface area contributed by atoms with Gasteiger partial charge >= 0.3 is 0 Å². The SMILES string of the molecule is CC(N)CCNCC(C)(C)C(C)(C)C. The zero-order valence-corrected chi connectivity index (χ0v) is 10.8. The minimum atomic E-state index is 0.306. The average Bonchev–Trinajstić information content (AvgIpc) is 1.95. The summed E-state index contributed by atoms with van der Waals surface area (Å²) in [6, 6.07) is 0.306. The van der Waals surface area contributed by atoms with Crippen molar-refractivity contribution < 1.29 is 0 Å². The van der Waals surface area contributed by atoms with Crippen LogP contribution in [0.4, 0.5) is 0 Å². The van der Waals surface area contributed by atoms with E-state index in [2.05, 4.69) is 46.9 Å². The van der Waals surface area contributed by atoms with E-state index in [9.17, 15) is 0 Å². The highest BCUT2D eigenvalue weighted by Gasteiger charge is 2.31. The van der Waals surface area contributed by atoms with Crippen molar-refractivity contribution in [3.05, 3.63) is 0 Å². The molecule has 0 radical (unpaired) electrons. The summed E-state index contributed by atoms with van der Waals surface area (Å²) < 4.78 is 0. The molecule has 0 aliphatic rings. The van der Waals surface area contributed by atoms with Gasteiger partial charge in [0.2, 0.25) is 0 Å². The molecule has 1 atom stereocenters. The smallest absolute Gasteiger partial charge is 0.00225 e. The maximum Gasteiger partial charge on any atom is 0.00225 e. The molecule has 2 nitrogen and oxygen atoms in total. The third-order valence-corrected chi connectivity index (χ3v) is 3.37. The lowest BCUT2D eigenvalue weighted by atomic mass is 9.69. The van der Waals surface area contributed by atoms with E-state index in [0.717, 1.165) is 19.5 Å². The topological polar surface area (TPSA) is 38.0 Å². The van der Waals surface area contributed by atoms with E-state index >= 15 is 0 Å². The Morgan fingerprint density at radius 1 is 1.14 bits per heavy atom. The summed E-state index contributed by atoms with van der Waals surface area (Å²) in [5, 5.41) is 3.48. The fourth-order valence-electron chi connectivity index (χ4n) is 0.996. The summed E-state index contributed by atoms with van der Waals surface area (Å²) in [4.78, 5) is 0. The Hall–Kier alpha value is -0.0800. The van der Waals surface area contributed by atoms with Crippen molar-refractivity contribution in [2.75, 3.05) is 13.1 Å². The van der Waals surface area contributed by atoms with Gasteiger partial charge in [-0.2, -0.15) is 0 Å². The van der Waals surface area contributed by atoms with Gasteiger partial charge in [0.05, 0.1) is 0 Å². The van der Waals surface area contributed by atoms with Gasteiger partial charge in [0, 0.05) is 12.6 Å². The second kappa shape index (κ2) is 5.13. The minimum Gasteiger partial charge on any atom is -0.328 e. The molecule has 0 rings (SSSR count). The second-order valence-electron chi connectivity index (χ2n) is 6.08. The monoisotopic (exact) mass is 200 g/mol. The number of hydrogen-bond acceptors (Lipinski definition) is 2. The van der Waals surface area contributed by atoms with E-state index in [4.69, 9.17) is 5.73 Å². The molecule has 86 valence electrons. The van der Waals surface area contributed by atoms with Gasteiger partial charge in [-0.05, 0) is 30.7 Å². The molecule has 0 aromatic rings. The van der Waals surface area contributed by atoms with Crippen molar-refractivity contribution in [2.24, 2.45) is 16.6 Å². The van der Waals surface area contributed by atoms with Gasteiger partial charge in [0.15, 0.2) is 0 Å². The van der Waals surface area contributed by atoms with Crippen LogP contribution < -0.4 is 11.1 Å². The standard InChI is InChI=1S/C12H28N2/c1-10(13)7-8-14-9-12(5,6)11(2,3)4/h10,14H,7-9,13H2,1-6H3. The normalized spacial score (nSPS) is 15.6. The van der Waals surface area contributed by atoms with Crippen molar-refractivity contribution in [1.29, 1.82) is 0 Å². The Morgan fingerprint density at radius 3 is 2.00 bits per heavy atom. The van der Waals surface area contributed by atoms with Crippen LogP contribution in [0.15, 0.2) is 0 Å². The van der Waals surface area contributed by atoms with Gasteiger partial charge < -0.3 is 11.1 Å². The van der Waals surface area contributed by atoms with Crippen LogP contribution in [0.5, 0.6) is 0 Å². The van der Waals surface area contributed by atoms with Crippen LogP contribution in [0.2, 0.25) is 0 Å². The van der Waals surface area contributed by atoms with Crippen LogP contribution in [-0.2, 0) is 0 Å². The molecule has 0 aromatic heterocycles. The Balaban J connectivity index is 3.78. The molecule has 1 unspecified atom stereocenters. The average molecular weight is 200 g/mol. The highest BCUT2D eigenvalue weighted by Crippen LogP contribution is 2.36. The molecule has 0 saturated carbocycles. The van der Waals surface area contributed by atoms with E-state index in [0.29, 0.717) is 16.9 Å². The van der Waals surface area contributed by atoms with Crippen LogP contribution >= 0.6 is 0 Å². The first kappa shape index (κ1) is 13.9. The lowest BCUT2D eigenvalue weighted by Crippen LogP contribution is -2.40. The molecule has 0 aliphatic carbocycles. The summed E-state index contributed by atoms with van der Waals surface area (Å²) in [7, 11) is 0. The quantitative estimate of drug-likeness (QED) is 0.669. The van der Waals surface area contributed by atoms with Crippen molar-refractivity contribution in [3.8, 4) is 0 Å². The Labute approximate surface area is 89.6 Å². The molecule has 0 aliphatic heterocycles. The Morgan fingerprint density at radius 2 is 1.64 bits per heavy atom. The van der Waals surface area contributed by atoms with Crippen molar-refractivity contribution in [3.63, 3.8) is 0 Å². The van der Waals surface area contributed by atoms with Gasteiger partial charge in [-0.15, -0.1) is 0 Å². The second-order valence-corrected chi connectivity index (χ2v) is 6.08. The van der Waals surface area contributed by atoms with Crippen LogP contribution in [0.25, 0.3) is 0 Å². The molecule has 0 amide bonds. The molecular formula is C12H28N2. The minimum absolute atomic E-state index is 0.306. The van der Waals surface area contributed by atoms with E-state index in [-0.39, 0.29) is 0 Å². The molecule has 0 saturated heterocycles. The van der Waals surface area contributed by atoms with Crippen molar-refractivity contribution in [1.82, 2.24) is 5.32 Å². The largest absolute Gasteiger partial charge is 0.328 e. The molecule has 14 heavy (non-hydrogen) atoms. The molecule has 3 N–H and O–H groups in total. The lowest BCUT2D eigenvalue weighted by molar-refractivity contribution is 0.129. The van der Waals surface area contributed by atoms with Crippen molar-refractivity contribution in [2.45, 2.75) is 54.0 Å². The summed E-state index contributed by atoms with van der Waals surface area (Å²) in [6.45, 7) is 15.6. The maximum absolute atomic E-state index is 5.69. The van der Waals surface area contributed by atoms with E-state index in [1.165, 1.54) is 0 Å². The van der Waals surface area contributed by atoms with Crippen molar-refractivity contribution >= 4 is 0 Å². The van der Waals surface area contributed by atoms with Crippen LogP contribution in [0, 0.1) is 10.8 Å². The Bertz CT molecular complexity index is 154. The van der Waals surface area contributed by atoms with Crippen LogP contribution in [0.1, 0.15) is 48.0 Å². The number of hydrogen-bond donors (Lipinski definition) is 2. The zero-order chi connectivity index (χ0) is 11.4. The molecule has 0 fully saturated rings. The lowest BCUT2D eigenvalue weighted by Gasteiger charge is -2.39. The fraction of sp³-hybridized carbons (Fsp3) is 1.00. The van der Waals surface area contributed by atoms with E-state index in [1.807, 2.05) is 0 Å². The molecule has 0 aromatic carbocycles. The van der Waals surface area contributed by atoms with Gasteiger partial charge in [-0.1, -0.05) is 34.6 Å². The molecule has 2 heteroatoms. The highest BCUT2D eigenvalue weighted by molar-refractivity contribution is 4.84.